The summed E-state index contributed by atoms with van der Waals surface area (Å²) in [5.74, 6) is -0.407. The molecule has 4 nitrogen and oxygen atoms in total. The lowest BCUT2D eigenvalue weighted by Gasteiger charge is -2.16. The van der Waals surface area contributed by atoms with Gasteiger partial charge in [-0.05, 0) is 44.2 Å². The third-order valence-corrected chi connectivity index (χ3v) is 3.65. The summed E-state index contributed by atoms with van der Waals surface area (Å²) in [6.45, 7) is 4.17. The highest BCUT2D eigenvalue weighted by Crippen LogP contribution is 2.22. The van der Waals surface area contributed by atoms with Gasteiger partial charge < -0.3 is 9.47 Å². The molecule has 22 heavy (non-hydrogen) atoms. The van der Waals surface area contributed by atoms with E-state index in [2.05, 4.69) is 0 Å². The lowest BCUT2D eigenvalue weighted by atomic mass is 10.2. The Morgan fingerprint density at radius 1 is 1.32 bits per heavy atom. The molecule has 1 heterocycles. The van der Waals surface area contributed by atoms with E-state index in [-0.39, 0.29) is 11.7 Å². The van der Waals surface area contributed by atoms with Gasteiger partial charge in [-0.1, -0.05) is 0 Å². The summed E-state index contributed by atoms with van der Waals surface area (Å²) in [5.41, 5.74) is 3.12. The molecule has 1 amide bonds. The van der Waals surface area contributed by atoms with Crippen LogP contribution in [0.2, 0.25) is 0 Å². The van der Waals surface area contributed by atoms with Crippen molar-refractivity contribution in [1.82, 2.24) is 9.47 Å². The highest BCUT2D eigenvalue weighted by molar-refractivity contribution is 5.95. The Hall–Kier alpha value is -2.61. The lowest BCUT2D eigenvalue weighted by Crippen LogP contribution is -2.27. The van der Waals surface area contributed by atoms with Gasteiger partial charge in [-0.2, -0.15) is 5.26 Å². The predicted molar refractivity (Wildman–Crippen MR) is 82.4 cm³/mol. The molecule has 0 bridgehead atoms. The van der Waals surface area contributed by atoms with Crippen LogP contribution in [0.3, 0.4) is 0 Å². The zero-order chi connectivity index (χ0) is 16.3. The number of aryl methyl sites for hydroxylation is 1. The van der Waals surface area contributed by atoms with Crippen molar-refractivity contribution >= 4 is 5.91 Å². The summed E-state index contributed by atoms with van der Waals surface area (Å²) in [4.78, 5) is 14.0. The average molecular weight is 299 g/mol. The minimum Gasteiger partial charge on any atom is -0.341 e. The van der Waals surface area contributed by atoms with Gasteiger partial charge in [0.1, 0.15) is 5.82 Å². The standard InChI is InChI=1S/C17H18FN3O/c1-12-11-16(17(22)20(3)10-4-9-19)13(2)21(12)15-7-5-14(18)6-8-15/h5-8,11H,4,10H2,1-3H3. The highest BCUT2D eigenvalue weighted by atomic mass is 19.1. The van der Waals surface area contributed by atoms with Gasteiger partial charge in [0.25, 0.3) is 5.91 Å². The third-order valence-electron chi connectivity index (χ3n) is 3.65. The second-order valence-corrected chi connectivity index (χ2v) is 5.23. The van der Waals surface area contributed by atoms with Crippen LogP contribution in [0.1, 0.15) is 28.2 Å². The topological polar surface area (TPSA) is 49.0 Å². The van der Waals surface area contributed by atoms with Gasteiger partial charge >= 0.3 is 0 Å². The van der Waals surface area contributed by atoms with E-state index >= 15 is 0 Å². The molecule has 0 radical (unpaired) electrons. The first kappa shape index (κ1) is 15.8. The molecule has 114 valence electrons. The van der Waals surface area contributed by atoms with E-state index in [0.717, 1.165) is 17.1 Å². The van der Waals surface area contributed by atoms with Crippen molar-refractivity contribution < 1.29 is 9.18 Å². The van der Waals surface area contributed by atoms with Crippen LogP contribution in [0.15, 0.2) is 30.3 Å². The van der Waals surface area contributed by atoms with Crippen molar-refractivity contribution in [1.29, 1.82) is 5.26 Å². The van der Waals surface area contributed by atoms with Crippen LogP contribution in [0.4, 0.5) is 4.39 Å². The fourth-order valence-corrected chi connectivity index (χ4v) is 2.49. The maximum atomic E-state index is 13.1. The molecular weight excluding hydrogens is 281 g/mol. The molecule has 0 aliphatic heterocycles. The van der Waals surface area contributed by atoms with Gasteiger partial charge in [-0.3, -0.25) is 4.79 Å². The quantitative estimate of drug-likeness (QED) is 0.870. The number of aromatic nitrogens is 1. The molecule has 1 aromatic carbocycles. The third kappa shape index (κ3) is 3.01. The van der Waals surface area contributed by atoms with Crippen molar-refractivity contribution in [2.24, 2.45) is 0 Å². The largest absolute Gasteiger partial charge is 0.341 e. The van der Waals surface area contributed by atoms with Crippen molar-refractivity contribution in [3.05, 3.63) is 53.1 Å². The first-order valence-corrected chi connectivity index (χ1v) is 7.03. The summed E-state index contributed by atoms with van der Waals surface area (Å²) in [6, 6.07) is 10.0. The molecular formula is C17H18FN3O. The number of carbonyl (C=O) groups excluding carboxylic acids is 1. The van der Waals surface area contributed by atoms with E-state index in [1.165, 1.54) is 12.1 Å². The second kappa shape index (κ2) is 6.44. The van der Waals surface area contributed by atoms with Gasteiger partial charge in [-0.25, -0.2) is 4.39 Å². The summed E-state index contributed by atoms with van der Waals surface area (Å²) in [5, 5.41) is 8.62. The molecule has 0 fully saturated rings. The smallest absolute Gasteiger partial charge is 0.255 e. The highest BCUT2D eigenvalue weighted by Gasteiger charge is 2.19. The van der Waals surface area contributed by atoms with Gasteiger partial charge in [0.15, 0.2) is 0 Å². The number of hydrogen-bond acceptors (Lipinski definition) is 2. The first-order valence-electron chi connectivity index (χ1n) is 7.03. The maximum Gasteiger partial charge on any atom is 0.255 e. The zero-order valence-electron chi connectivity index (χ0n) is 12.9. The van der Waals surface area contributed by atoms with Crippen LogP contribution in [-0.4, -0.2) is 29.0 Å². The Kier molecular flexibility index (Phi) is 4.62. The number of rotatable bonds is 4. The van der Waals surface area contributed by atoms with Crippen LogP contribution in [0, 0.1) is 31.0 Å². The number of nitriles is 1. The summed E-state index contributed by atoms with van der Waals surface area (Å²) < 4.78 is 15.0. The number of nitrogens with zero attached hydrogens (tertiary/aromatic N) is 3. The Morgan fingerprint density at radius 2 is 1.95 bits per heavy atom. The Labute approximate surface area is 129 Å². The van der Waals surface area contributed by atoms with Crippen molar-refractivity contribution in [2.45, 2.75) is 20.3 Å². The summed E-state index contributed by atoms with van der Waals surface area (Å²) in [7, 11) is 1.68. The van der Waals surface area contributed by atoms with Crippen molar-refractivity contribution in [3.63, 3.8) is 0 Å². The fourth-order valence-electron chi connectivity index (χ4n) is 2.49. The molecule has 2 rings (SSSR count). The fraction of sp³-hybridized carbons (Fsp3) is 0.294. The molecule has 1 aromatic heterocycles. The van der Waals surface area contributed by atoms with Gasteiger partial charge in [0.05, 0.1) is 18.1 Å². The van der Waals surface area contributed by atoms with Gasteiger partial charge in [0, 0.05) is 30.7 Å². The number of halogens is 1. The molecule has 0 atom stereocenters. The average Bonchev–Trinajstić information content (AvgIpc) is 2.80. The van der Waals surface area contributed by atoms with Crippen molar-refractivity contribution in [3.8, 4) is 11.8 Å². The zero-order valence-corrected chi connectivity index (χ0v) is 12.9. The van der Waals surface area contributed by atoms with Crippen LogP contribution in [0.25, 0.3) is 5.69 Å². The molecule has 0 unspecified atom stereocenters. The second-order valence-electron chi connectivity index (χ2n) is 5.23. The van der Waals surface area contributed by atoms with Gasteiger partial charge in [-0.15, -0.1) is 0 Å². The van der Waals surface area contributed by atoms with E-state index in [1.54, 1.807) is 24.1 Å². The maximum absolute atomic E-state index is 13.1. The van der Waals surface area contributed by atoms with Crippen LogP contribution >= 0.6 is 0 Å². The molecule has 0 spiro atoms. The number of amides is 1. The van der Waals surface area contributed by atoms with Gasteiger partial charge in [0.2, 0.25) is 0 Å². The van der Waals surface area contributed by atoms with Crippen LogP contribution in [0.5, 0.6) is 0 Å². The minimum absolute atomic E-state index is 0.114. The van der Waals surface area contributed by atoms with E-state index < -0.39 is 0 Å². The molecule has 2 aromatic rings. The monoisotopic (exact) mass is 299 g/mol. The van der Waals surface area contributed by atoms with Crippen molar-refractivity contribution in [2.75, 3.05) is 13.6 Å². The number of carbonyl (C=O) groups is 1. The van der Waals surface area contributed by atoms with Crippen LogP contribution in [-0.2, 0) is 0 Å². The Bertz CT molecular complexity index is 726. The minimum atomic E-state index is -0.293. The molecule has 5 heteroatoms. The molecule has 0 aliphatic rings. The first-order chi connectivity index (χ1) is 10.5. The lowest BCUT2D eigenvalue weighted by molar-refractivity contribution is 0.0797. The number of hydrogen-bond donors (Lipinski definition) is 0. The van der Waals surface area contributed by atoms with Crippen LogP contribution < -0.4 is 0 Å². The molecule has 0 saturated heterocycles. The molecule has 0 aliphatic carbocycles. The molecule has 0 saturated carbocycles. The Morgan fingerprint density at radius 3 is 2.55 bits per heavy atom. The summed E-state index contributed by atoms with van der Waals surface area (Å²) in [6.07, 6.45) is 0.305. The predicted octanol–water partition coefficient (Wildman–Crippen LogP) is 3.22. The van der Waals surface area contributed by atoms with E-state index in [4.69, 9.17) is 5.26 Å². The normalized spacial score (nSPS) is 10.3. The number of benzene rings is 1. The SMILES string of the molecule is Cc1cc(C(=O)N(C)CCC#N)c(C)n1-c1ccc(F)cc1. The Balaban J connectivity index is 2.37. The van der Waals surface area contributed by atoms with E-state index in [0.29, 0.717) is 18.5 Å². The molecule has 0 N–H and O–H groups in total. The van der Waals surface area contributed by atoms with E-state index in [9.17, 15) is 9.18 Å². The summed E-state index contributed by atoms with van der Waals surface area (Å²) >= 11 is 0. The van der Waals surface area contributed by atoms with E-state index in [1.807, 2.05) is 30.6 Å².